The van der Waals surface area contributed by atoms with Crippen molar-refractivity contribution in [2.75, 3.05) is 16.8 Å². The number of amides is 2. The van der Waals surface area contributed by atoms with Crippen molar-refractivity contribution in [2.45, 2.75) is 46.1 Å². The van der Waals surface area contributed by atoms with Crippen molar-refractivity contribution in [3.8, 4) is 5.75 Å². The Bertz CT molecular complexity index is 1160. The normalized spacial score (nSPS) is 13.3. The van der Waals surface area contributed by atoms with Crippen LogP contribution in [0.4, 0.5) is 11.4 Å². The van der Waals surface area contributed by atoms with Gasteiger partial charge in [-0.1, -0.05) is 56.7 Å². The van der Waals surface area contributed by atoms with Crippen LogP contribution in [-0.4, -0.2) is 18.4 Å². The Balaban J connectivity index is 1.52. The zero-order valence-electron chi connectivity index (χ0n) is 19.6. The van der Waals surface area contributed by atoms with E-state index in [0.717, 1.165) is 34.7 Å². The van der Waals surface area contributed by atoms with Gasteiger partial charge in [0.25, 0.3) is 11.8 Å². The van der Waals surface area contributed by atoms with Crippen LogP contribution in [-0.2, 0) is 16.8 Å². The van der Waals surface area contributed by atoms with Gasteiger partial charge in [-0.05, 0) is 66.3 Å². The summed E-state index contributed by atoms with van der Waals surface area (Å²) in [6, 6.07) is 21.2. The topological polar surface area (TPSA) is 58.6 Å². The number of rotatable bonds is 6. The molecule has 0 fully saturated rings. The molecule has 3 aromatic rings. The van der Waals surface area contributed by atoms with Crippen molar-refractivity contribution < 1.29 is 14.3 Å². The highest BCUT2D eigenvalue weighted by Crippen LogP contribution is 2.38. The standard InChI is InChI=1S/C28H30N2O3/c1-5-28(3,4)22-12-15-25-24(16-22)30(26(31)18-33-25)17-20-8-10-21(11-9-20)27(32)29-23-13-6-19(2)7-14-23/h6-16H,5,17-18H2,1-4H3,(H,29,32). The quantitative estimate of drug-likeness (QED) is 0.520. The van der Waals surface area contributed by atoms with Crippen LogP contribution in [0.5, 0.6) is 5.75 Å². The van der Waals surface area contributed by atoms with E-state index in [0.29, 0.717) is 12.1 Å². The number of hydrogen-bond donors (Lipinski definition) is 1. The zero-order chi connectivity index (χ0) is 23.6. The van der Waals surface area contributed by atoms with E-state index in [4.69, 9.17) is 4.74 Å². The number of benzene rings is 3. The lowest BCUT2D eigenvalue weighted by molar-refractivity contribution is -0.121. The fourth-order valence-electron chi connectivity index (χ4n) is 3.78. The van der Waals surface area contributed by atoms with Gasteiger partial charge in [-0.25, -0.2) is 0 Å². The summed E-state index contributed by atoms with van der Waals surface area (Å²) in [6.07, 6.45) is 0.993. The number of fused-ring (bicyclic) bond motifs is 1. The van der Waals surface area contributed by atoms with Crippen molar-refractivity contribution in [1.29, 1.82) is 0 Å². The Morgan fingerprint density at radius 3 is 2.39 bits per heavy atom. The molecule has 0 saturated carbocycles. The SMILES string of the molecule is CCC(C)(C)c1ccc2c(c1)N(Cc1ccc(C(=O)Nc3ccc(C)cc3)cc1)C(=O)CO2. The first kappa shape index (κ1) is 22.6. The summed E-state index contributed by atoms with van der Waals surface area (Å²) >= 11 is 0. The summed E-state index contributed by atoms with van der Waals surface area (Å²) in [5, 5.41) is 2.91. The Hall–Kier alpha value is -3.60. The minimum absolute atomic E-state index is 0.00759. The average molecular weight is 443 g/mol. The Labute approximate surface area is 195 Å². The molecule has 4 rings (SSSR count). The maximum absolute atomic E-state index is 12.7. The van der Waals surface area contributed by atoms with Crippen LogP contribution in [0, 0.1) is 6.92 Å². The van der Waals surface area contributed by atoms with E-state index in [2.05, 4.69) is 38.2 Å². The van der Waals surface area contributed by atoms with E-state index in [1.54, 1.807) is 17.0 Å². The molecule has 0 unspecified atom stereocenters. The Kier molecular flexibility index (Phi) is 6.23. The first-order valence-electron chi connectivity index (χ1n) is 11.3. The zero-order valence-corrected chi connectivity index (χ0v) is 19.6. The highest BCUT2D eigenvalue weighted by atomic mass is 16.5. The minimum atomic E-state index is -0.162. The third-order valence-corrected chi connectivity index (χ3v) is 6.43. The lowest BCUT2D eigenvalue weighted by Crippen LogP contribution is -2.38. The van der Waals surface area contributed by atoms with Crippen molar-refractivity contribution in [3.05, 3.63) is 89.0 Å². The smallest absolute Gasteiger partial charge is 0.265 e. The molecule has 0 aromatic heterocycles. The Morgan fingerprint density at radius 1 is 1.03 bits per heavy atom. The van der Waals surface area contributed by atoms with Gasteiger partial charge in [0.2, 0.25) is 0 Å². The Morgan fingerprint density at radius 2 is 1.73 bits per heavy atom. The molecule has 0 radical (unpaired) electrons. The third-order valence-electron chi connectivity index (χ3n) is 6.43. The predicted molar refractivity (Wildman–Crippen MR) is 132 cm³/mol. The van der Waals surface area contributed by atoms with Gasteiger partial charge in [0.05, 0.1) is 12.2 Å². The molecule has 0 spiro atoms. The number of carbonyl (C=O) groups excluding carboxylic acids is 2. The molecule has 2 amide bonds. The van der Waals surface area contributed by atoms with Crippen LogP contribution in [0.15, 0.2) is 66.7 Å². The van der Waals surface area contributed by atoms with Crippen molar-refractivity contribution in [1.82, 2.24) is 0 Å². The van der Waals surface area contributed by atoms with E-state index >= 15 is 0 Å². The van der Waals surface area contributed by atoms with Crippen LogP contribution in [0.25, 0.3) is 0 Å². The monoisotopic (exact) mass is 442 g/mol. The molecule has 1 N–H and O–H groups in total. The molecule has 3 aromatic carbocycles. The maximum atomic E-state index is 12.7. The second-order valence-electron chi connectivity index (χ2n) is 9.21. The van der Waals surface area contributed by atoms with Crippen LogP contribution >= 0.6 is 0 Å². The summed E-state index contributed by atoms with van der Waals surface area (Å²) in [5.74, 6) is 0.485. The predicted octanol–water partition coefficient (Wildman–Crippen LogP) is 5.86. The number of aryl methyl sites for hydroxylation is 1. The largest absolute Gasteiger partial charge is 0.482 e. The van der Waals surface area contributed by atoms with E-state index in [1.165, 1.54) is 5.56 Å². The molecule has 33 heavy (non-hydrogen) atoms. The summed E-state index contributed by atoms with van der Waals surface area (Å²) in [4.78, 5) is 27.1. The number of ether oxygens (including phenoxy) is 1. The summed E-state index contributed by atoms with van der Waals surface area (Å²) in [7, 11) is 0. The van der Waals surface area contributed by atoms with Gasteiger partial charge >= 0.3 is 0 Å². The summed E-state index contributed by atoms with van der Waals surface area (Å²) in [5.41, 5.74) is 5.40. The highest BCUT2D eigenvalue weighted by molar-refractivity contribution is 6.04. The first-order valence-corrected chi connectivity index (χ1v) is 11.3. The number of nitrogens with zero attached hydrogens (tertiary/aromatic N) is 1. The third kappa shape index (κ3) is 4.92. The van der Waals surface area contributed by atoms with Gasteiger partial charge in [0, 0.05) is 11.3 Å². The van der Waals surface area contributed by atoms with Gasteiger partial charge in [-0.2, -0.15) is 0 Å². The van der Waals surface area contributed by atoms with Crippen LogP contribution in [0.2, 0.25) is 0 Å². The second-order valence-corrected chi connectivity index (χ2v) is 9.21. The van der Waals surface area contributed by atoms with E-state index < -0.39 is 0 Å². The lowest BCUT2D eigenvalue weighted by Gasteiger charge is -2.32. The highest BCUT2D eigenvalue weighted by Gasteiger charge is 2.28. The molecule has 5 nitrogen and oxygen atoms in total. The van der Waals surface area contributed by atoms with E-state index in [9.17, 15) is 9.59 Å². The molecular formula is C28H30N2O3. The van der Waals surface area contributed by atoms with E-state index in [-0.39, 0.29) is 23.8 Å². The van der Waals surface area contributed by atoms with E-state index in [1.807, 2.05) is 49.4 Å². The molecule has 1 aliphatic rings. The van der Waals surface area contributed by atoms with Crippen molar-refractivity contribution >= 4 is 23.2 Å². The van der Waals surface area contributed by atoms with Gasteiger partial charge in [0.1, 0.15) is 5.75 Å². The molecule has 1 heterocycles. The summed E-state index contributed by atoms with van der Waals surface area (Å²) < 4.78 is 5.68. The summed E-state index contributed by atoms with van der Waals surface area (Å²) in [6.45, 7) is 9.02. The lowest BCUT2D eigenvalue weighted by atomic mass is 9.82. The molecule has 0 bridgehead atoms. The number of anilines is 2. The molecular weight excluding hydrogens is 412 g/mol. The molecule has 0 aliphatic carbocycles. The number of nitrogens with one attached hydrogen (secondary N) is 1. The van der Waals surface area contributed by atoms with Gasteiger partial charge in [-0.15, -0.1) is 0 Å². The minimum Gasteiger partial charge on any atom is -0.482 e. The maximum Gasteiger partial charge on any atom is 0.265 e. The fraction of sp³-hybridized carbons (Fsp3) is 0.286. The number of hydrogen-bond acceptors (Lipinski definition) is 3. The van der Waals surface area contributed by atoms with Gasteiger partial charge < -0.3 is 15.0 Å². The molecule has 0 saturated heterocycles. The van der Waals surface area contributed by atoms with Crippen molar-refractivity contribution in [3.63, 3.8) is 0 Å². The average Bonchev–Trinajstić information content (AvgIpc) is 2.82. The molecule has 1 aliphatic heterocycles. The first-order chi connectivity index (χ1) is 15.8. The van der Waals surface area contributed by atoms with Gasteiger partial charge in [0.15, 0.2) is 6.61 Å². The van der Waals surface area contributed by atoms with Crippen LogP contribution in [0.1, 0.15) is 54.2 Å². The number of carbonyl (C=O) groups is 2. The molecule has 0 atom stereocenters. The van der Waals surface area contributed by atoms with Gasteiger partial charge in [-0.3, -0.25) is 9.59 Å². The van der Waals surface area contributed by atoms with Crippen LogP contribution in [0.3, 0.4) is 0 Å². The van der Waals surface area contributed by atoms with Crippen LogP contribution < -0.4 is 15.0 Å². The molecule has 5 heteroatoms. The van der Waals surface area contributed by atoms with Crippen molar-refractivity contribution in [2.24, 2.45) is 0 Å². The fourth-order valence-corrected chi connectivity index (χ4v) is 3.78. The molecule has 170 valence electrons. The second kappa shape index (κ2) is 9.10.